The minimum Gasteiger partial charge on any atom is -0.495 e. The minimum absolute atomic E-state index is 0.356. The summed E-state index contributed by atoms with van der Waals surface area (Å²) in [5.74, 6) is -0.0657. The zero-order valence-electron chi connectivity index (χ0n) is 7.65. The van der Waals surface area contributed by atoms with Gasteiger partial charge in [0.2, 0.25) is 5.91 Å². The van der Waals surface area contributed by atoms with Crippen molar-refractivity contribution in [3.05, 3.63) is 24.0 Å². The largest absolute Gasteiger partial charge is 0.495 e. The lowest BCUT2D eigenvalue weighted by molar-refractivity contribution is -0.119. The monoisotopic (exact) mass is 180 g/mol. The molecule has 1 aromatic rings. The van der Waals surface area contributed by atoms with Crippen LogP contribution in [0.3, 0.4) is 0 Å². The van der Waals surface area contributed by atoms with Gasteiger partial charge in [-0.1, -0.05) is 0 Å². The molecule has 0 aliphatic rings. The number of aromatic nitrogens is 1. The Morgan fingerprint density at radius 1 is 1.62 bits per heavy atom. The summed E-state index contributed by atoms with van der Waals surface area (Å²) in [6, 6.07) is 3.48. The van der Waals surface area contributed by atoms with Gasteiger partial charge in [-0.2, -0.15) is 0 Å². The Morgan fingerprint density at radius 2 is 2.31 bits per heavy atom. The summed E-state index contributed by atoms with van der Waals surface area (Å²) in [6.45, 7) is 1.72. The Hall–Kier alpha value is -1.58. The van der Waals surface area contributed by atoms with Gasteiger partial charge in [0.15, 0.2) is 0 Å². The Bertz CT molecular complexity index is 295. The molecule has 4 nitrogen and oxygen atoms in total. The molecule has 1 atom stereocenters. The third-order valence-corrected chi connectivity index (χ3v) is 1.87. The number of nitrogens with two attached hydrogens (primary N) is 1. The van der Waals surface area contributed by atoms with E-state index < -0.39 is 0 Å². The zero-order chi connectivity index (χ0) is 9.84. The number of pyridine rings is 1. The molecule has 4 heteroatoms. The van der Waals surface area contributed by atoms with Gasteiger partial charge in [-0.15, -0.1) is 0 Å². The van der Waals surface area contributed by atoms with Crippen molar-refractivity contribution < 1.29 is 9.53 Å². The molecular weight excluding hydrogens is 168 g/mol. The molecule has 0 fully saturated rings. The van der Waals surface area contributed by atoms with E-state index in [0.29, 0.717) is 11.4 Å². The number of nitrogens with zero attached hydrogens (tertiary/aromatic N) is 1. The standard InChI is InChI=1S/C9H12N2O2/c1-6(9(10)12)8-4-3-7(13-2)5-11-8/h3-6H,1-2H3,(H2,10,12). The fourth-order valence-corrected chi connectivity index (χ4v) is 0.914. The van der Waals surface area contributed by atoms with Gasteiger partial charge in [-0.05, 0) is 19.1 Å². The molecule has 1 aromatic heterocycles. The van der Waals surface area contributed by atoms with Gasteiger partial charge in [0.25, 0.3) is 0 Å². The first-order chi connectivity index (χ1) is 6.15. The van der Waals surface area contributed by atoms with Gasteiger partial charge in [-0.3, -0.25) is 9.78 Å². The van der Waals surface area contributed by atoms with Crippen LogP contribution in [0.2, 0.25) is 0 Å². The van der Waals surface area contributed by atoms with E-state index in [2.05, 4.69) is 4.98 Å². The van der Waals surface area contributed by atoms with Gasteiger partial charge in [0.05, 0.1) is 24.9 Å². The van der Waals surface area contributed by atoms with E-state index in [1.54, 1.807) is 32.4 Å². The van der Waals surface area contributed by atoms with Gasteiger partial charge in [-0.25, -0.2) is 0 Å². The van der Waals surface area contributed by atoms with Gasteiger partial charge in [0.1, 0.15) is 5.75 Å². The summed E-state index contributed by atoms with van der Waals surface area (Å²) >= 11 is 0. The van der Waals surface area contributed by atoms with E-state index in [0.717, 1.165) is 0 Å². The summed E-state index contributed by atoms with van der Waals surface area (Å²) in [5.41, 5.74) is 5.79. The maximum Gasteiger partial charge on any atom is 0.226 e. The molecule has 0 spiro atoms. The number of hydrogen-bond donors (Lipinski definition) is 1. The minimum atomic E-state index is -0.377. The Labute approximate surface area is 76.7 Å². The molecule has 0 aliphatic carbocycles. The van der Waals surface area contributed by atoms with Crippen molar-refractivity contribution in [3.63, 3.8) is 0 Å². The number of primary amides is 1. The first-order valence-corrected chi connectivity index (χ1v) is 3.94. The molecule has 70 valence electrons. The summed E-state index contributed by atoms with van der Waals surface area (Å²) in [5, 5.41) is 0. The van der Waals surface area contributed by atoms with E-state index in [4.69, 9.17) is 10.5 Å². The molecular formula is C9H12N2O2. The molecule has 1 amide bonds. The zero-order valence-corrected chi connectivity index (χ0v) is 7.65. The van der Waals surface area contributed by atoms with Crippen molar-refractivity contribution in [1.29, 1.82) is 0 Å². The summed E-state index contributed by atoms with van der Waals surface area (Å²) in [7, 11) is 1.56. The van der Waals surface area contributed by atoms with Crippen molar-refractivity contribution >= 4 is 5.91 Å². The van der Waals surface area contributed by atoms with E-state index in [-0.39, 0.29) is 11.8 Å². The molecule has 0 aromatic carbocycles. The lowest BCUT2D eigenvalue weighted by Gasteiger charge is -2.06. The number of ether oxygens (including phenoxy) is 1. The topological polar surface area (TPSA) is 65.2 Å². The molecule has 1 unspecified atom stereocenters. The lowest BCUT2D eigenvalue weighted by atomic mass is 10.1. The predicted molar refractivity (Wildman–Crippen MR) is 48.4 cm³/mol. The maximum atomic E-state index is 10.8. The quantitative estimate of drug-likeness (QED) is 0.743. The number of hydrogen-bond acceptors (Lipinski definition) is 3. The summed E-state index contributed by atoms with van der Waals surface area (Å²) < 4.78 is 4.93. The molecule has 2 N–H and O–H groups in total. The van der Waals surface area contributed by atoms with Crippen LogP contribution >= 0.6 is 0 Å². The fourth-order valence-electron chi connectivity index (χ4n) is 0.914. The first-order valence-electron chi connectivity index (χ1n) is 3.94. The third kappa shape index (κ3) is 2.18. The van der Waals surface area contributed by atoms with E-state index in [9.17, 15) is 4.79 Å². The second kappa shape index (κ2) is 3.89. The highest BCUT2D eigenvalue weighted by Crippen LogP contribution is 2.15. The van der Waals surface area contributed by atoms with Crippen molar-refractivity contribution in [3.8, 4) is 5.75 Å². The second-order valence-electron chi connectivity index (χ2n) is 2.75. The van der Waals surface area contributed by atoms with Crippen LogP contribution in [0.4, 0.5) is 0 Å². The molecule has 0 bridgehead atoms. The van der Waals surface area contributed by atoms with Crippen LogP contribution in [-0.2, 0) is 4.79 Å². The lowest BCUT2D eigenvalue weighted by Crippen LogP contribution is -2.19. The highest BCUT2D eigenvalue weighted by molar-refractivity contribution is 5.80. The first kappa shape index (κ1) is 9.51. The molecule has 1 heterocycles. The molecule has 0 saturated heterocycles. The molecule has 13 heavy (non-hydrogen) atoms. The third-order valence-electron chi connectivity index (χ3n) is 1.87. The smallest absolute Gasteiger partial charge is 0.226 e. The number of methoxy groups -OCH3 is 1. The van der Waals surface area contributed by atoms with E-state index in [1.807, 2.05) is 0 Å². The Balaban J connectivity index is 2.85. The van der Waals surface area contributed by atoms with Crippen molar-refractivity contribution in [1.82, 2.24) is 4.98 Å². The highest BCUT2D eigenvalue weighted by Gasteiger charge is 2.12. The second-order valence-corrected chi connectivity index (χ2v) is 2.75. The maximum absolute atomic E-state index is 10.8. The molecule has 0 saturated carbocycles. The van der Waals surface area contributed by atoms with Crippen LogP contribution in [0.15, 0.2) is 18.3 Å². The normalized spacial score (nSPS) is 12.2. The van der Waals surface area contributed by atoms with Crippen molar-refractivity contribution in [2.24, 2.45) is 5.73 Å². The van der Waals surface area contributed by atoms with Crippen LogP contribution in [0.1, 0.15) is 18.5 Å². The van der Waals surface area contributed by atoms with Gasteiger partial charge < -0.3 is 10.5 Å². The number of carbonyl (C=O) groups excluding carboxylic acids is 1. The van der Waals surface area contributed by atoms with E-state index in [1.165, 1.54) is 0 Å². The SMILES string of the molecule is COc1ccc(C(C)C(N)=O)nc1. The van der Waals surface area contributed by atoms with Crippen LogP contribution < -0.4 is 10.5 Å². The van der Waals surface area contributed by atoms with Crippen molar-refractivity contribution in [2.75, 3.05) is 7.11 Å². The Morgan fingerprint density at radius 3 is 2.69 bits per heavy atom. The average molecular weight is 180 g/mol. The molecule has 0 aliphatic heterocycles. The van der Waals surface area contributed by atoms with Crippen LogP contribution in [0.25, 0.3) is 0 Å². The van der Waals surface area contributed by atoms with Crippen LogP contribution in [0, 0.1) is 0 Å². The average Bonchev–Trinajstić information content (AvgIpc) is 2.17. The molecule has 1 rings (SSSR count). The van der Waals surface area contributed by atoms with Crippen molar-refractivity contribution in [2.45, 2.75) is 12.8 Å². The van der Waals surface area contributed by atoms with E-state index >= 15 is 0 Å². The molecule has 0 radical (unpaired) electrons. The predicted octanol–water partition coefficient (Wildman–Crippen LogP) is 0.679. The number of carbonyl (C=O) groups is 1. The van der Waals surface area contributed by atoms with Gasteiger partial charge >= 0.3 is 0 Å². The number of amides is 1. The number of rotatable bonds is 3. The summed E-state index contributed by atoms with van der Waals surface area (Å²) in [4.78, 5) is 14.9. The fraction of sp³-hybridized carbons (Fsp3) is 0.333. The van der Waals surface area contributed by atoms with Crippen LogP contribution in [-0.4, -0.2) is 18.0 Å². The highest BCUT2D eigenvalue weighted by atomic mass is 16.5. The van der Waals surface area contributed by atoms with Gasteiger partial charge in [0, 0.05) is 0 Å². The summed E-state index contributed by atoms with van der Waals surface area (Å²) in [6.07, 6.45) is 1.56. The Kier molecular flexibility index (Phi) is 2.84. The van der Waals surface area contributed by atoms with Crippen LogP contribution in [0.5, 0.6) is 5.75 Å².